The van der Waals surface area contributed by atoms with Crippen molar-refractivity contribution in [2.75, 3.05) is 7.11 Å². The molecule has 0 fully saturated rings. The highest BCUT2D eigenvalue weighted by molar-refractivity contribution is 9.10. The number of rotatable bonds is 3. The fraction of sp³-hybridized carbons (Fsp3) is 0.240. The second kappa shape index (κ2) is 10.4. The van der Waals surface area contributed by atoms with Crippen molar-refractivity contribution in [3.05, 3.63) is 106 Å². The molecule has 0 radical (unpaired) electrons. The molecule has 0 aliphatic heterocycles. The lowest BCUT2D eigenvalue weighted by molar-refractivity contribution is -0.145. The quantitative estimate of drug-likeness (QED) is 0.537. The Balaban J connectivity index is 0.000000166. The number of hydrogen-bond donors (Lipinski definition) is 1. The fourth-order valence-electron chi connectivity index (χ4n) is 3.61. The van der Waals surface area contributed by atoms with Crippen LogP contribution in [0.25, 0.3) is 0 Å². The van der Waals surface area contributed by atoms with Crippen LogP contribution in [0.15, 0.2) is 83.3 Å². The minimum Gasteiger partial charge on any atom is -0.469 e. The number of methoxy groups -OCH3 is 1. The summed E-state index contributed by atoms with van der Waals surface area (Å²) in [7, 11) is 1.46. The van der Waals surface area contributed by atoms with Crippen molar-refractivity contribution in [1.82, 2.24) is 0 Å². The molecule has 2 N–H and O–H groups in total. The van der Waals surface area contributed by atoms with Crippen LogP contribution in [0.2, 0.25) is 0 Å². The van der Waals surface area contributed by atoms with Gasteiger partial charge in [0.25, 0.3) is 0 Å². The molecule has 0 aromatic heterocycles. The molecule has 150 valence electrons. The molecule has 4 heteroatoms. The first-order chi connectivity index (χ1) is 14.1. The van der Waals surface area contributed by atoms with E-state index in [1.54, 1.807) is 0 Å². The van der Waals surface area contributed by atoms with Crippen molar-refractivity contribution in [2.45, 2.75) is 25.3 Å². The first-order valence-corrected chi connectivity index (χ1v) is 10.6. The van der Waals surface area contributed by atoms with E-state index in [0.717, 1.165) is 34.9 Å². The van der Waals surface area contributed by atoms with E-state index in [1.807, 2.05) is 36.4 Å². The van der Waals surface area contributed by atoms with Crippen molar-refractivity contribution in [3.63, 3.8) is 0 Å². The molecule has 1 aliphatic rings. The predicted octanol–water partition coefficient (Wildman–Crippen LogP) is 5.46. The van der Waals surface area contributed by atoms with Gasteiger partial charge in [-0.2, -0.15) is 0 Å². The van der Waals surface area contributed by atoms with Gasteiger partial charge in [0.2, 0.25) is 0 Å². The van der Waals surface area contributed by atoms with Gasteiger partial charge in [-0.1, -0.05) is 82.7 Å². The molecule has 1 aliphatic carbocycles. The van der Waals surface area contributed by atoms with Crippen molar-refractivity contribution < 1.29 is 9.53 Å². The number of aryl methyl sites for hydroxylation is 1. The maximum Gasteiger partial charge on any atom is 0.309 e. The standard InChI is InChI=1S/C13H13N.C12H13BrO2/c14-13(11-7-3-1-4-8-11)12-9-5-2-6-10-12;1-15-12(14)9-3-2-8-4-5-11(13)7-10(8)6-9/h1-10,13H,14H2;4-5,7,9H,2-3,6H2,1H3. The molecular weight excluding hydrogens is 426 g/mol. The lowest BCUT2D eigenvalue weighted by atomic mass is 9.84. The summed E-state index contributed by atoms with van der Waals surface area (Å²) in [4.78, 5) is 11.4. The number of carbonyl (C=O) groups excluding carboxylic acids is 1. The molecule has 0 saturated heterocycles. The van der Waals surface area contributed by atoms with Gasteiger partial charge in [-0.3, -0.25) is 4.79 Å². The first-order valence-electron chi connectivity index (χ1n) is 9.79. The van der Waals surface area contributed by atoms with E-state index >= 15 is 0 Å². The smallest absolute Gasteiger partial charge is 0.309 e. The summed E-state index contributed by atoms with van der Waals surface area (Å²) < 4.78 is 5.86. The third kappa shape index (κ3) is 5.78. The average Bonchev–Trinajstić information content (AvgIpc) is 2.79. The lowest BCUT2D eigenvalue weighted by Gasteiger charge is -2.22. The Morgan fingerprint density at radius 1 is 0.966 bits per heavy atom. The fourth-order valence-corrected chi connectivity index (χ4v) is 4.02. The van der Waals surface area contributed by atoms with Gasteiger partial charge >= 0.3 is 5.97 Å². The molecule has 0 amide bonds. The van der Waals surface area contributed by atoms with Crippen molar-refractivity contribution >= 4 is 21.9 Å². The van der Waals surface area contributed by atoms with Gasteiger partial charge in [0.15, 0.2) is 0 Å². The van der Waals surface area contributed by atoms with Crippen LogP contribution in [0.3, 0.4) is 0 Å². The zero-order chi connectivity index (χ0) is 20.6. The molecule has 29 heavy (non-hydrogen) atoms. The van der Waals surface area contributed by atoms with Crippen LogP contribution >= 0.6 is 15.9 Å². The van der Waals surface area contributed by atoms with Crippen LogP contribution in [-0.4, -0.2) is 13.1 Å². The van der Waals surface area contributed by atoms with Crippen molar-refractivity contribution in [1.29, 1.82) is 0 Å². The molecule has 0 saturated carbocycles. The minimum atomic E-state index is -0.0828. The molecule has 3 aromatic rings. The molecule has 0 heterocycles. The van der Waals surface area contributed by atoms with Gasteiger partial charge < -0.3 is 10.5 Å². The zero-order valence-corrected chi connectivity index (χ0v) is 18.1. The van der Waals surface area contributed by atoms with Crippen LogP contribution in [0, 0.1) is 5.92 Å². The van der Waals surface area contributed by atoms with Crippen molar-refractivity contribution in [2.24, 2.45) is 11.7 Å². The highest BCUT2D eigenvalue weighted by Gasteiger charge is 2.25. The van der Waals surface area contributed by atoms with E-state index in [9.17, 15) is 4.79 Å². The third-order valence-corrected chi connectivity index (χ3v) is 5.74. The van der Waals surface area contributed by atoms with E-state index in [4.69, 9.17) is 10.5 Å². The van der Waals surface area contributed by atoms with E-state index in [1.165, 1.54) is 18.2 Å². The number of nitrogens with two attached hydrogens (primary N) is 1. The van der Waals surface area contributed by atoms with E-state index in [-0.39, 0.29) is 17.9 Å². The zero-order valence-electron chi connectivity index (χ0n) is 16.6. The number of carbonyl (C=O) groups is 1. The Labute approximate surface area is 181 Å². The Morgan fingerprint density at radius 3 is 2.10 bits per heavy atom. The Morgan fingerprint density at radius 2 is 1.55 bits per heavy atom. The Hall–Kier alpha value is -2.43. The normalized spacial score (nSPS) is 15.1. The molecule has 1 atom stereocenters. The number of esters is 1. The summed E-state index contributed by atoms with van der Waals surface area (Å²) in [6.07, 6.45) is 2.69. The second-order valence-electron chi connectivity index (χ2n) is 7.17. The largest absolute Gasteiger partial charge is 0.469 e. The lowest BCUT2D eigenvalue weighted by Crippen LogP contribution is -2.23. The van der Waals surface area contributed by atoms with Gasteiger partial charge in [0.1, 0.15) is 0 Å². The van der Waals surface area contributed by atoms with Crippen molar-refractivity contribution in [3.8, 4) is 0 Å². The maximum absolute atomic E-state index is 11.4. The van der Waals surface area contributed by atoms with Crippen LogP contribution in [0.5, 0.6) is 0 Å². The Kier molecular flexibility index (Phi) is 7.62. The number of halogens is 1. The monoisotopic (exact) mass is 451 g/mol. The number of fused-ring (bicyclic) bond motifs is 1. The topological polar surface area (TPSA) is 52.3 Å². The SMILES string of the molecule is COC(=O)C1CCc2ccc(Br)cc2C1.NC(c1ccccc1)c1ccccc1. The van der Waals surface area contributed by atoms with E-state index in [0.29, 0.717) is 0 Å². The summed E-state index contributed by atoms with van der Waals surface area (Å²) in [6.45, 7) is 0. The number of benzene rings is 3. The average molecular weight is 452 g/mol. The highest BCUT2D eigenvalue weighted by atomic mass is 79.9. The summed E-state index contributed by atoms with van der Waals surface area (Å²) >= 11 is 3.45. The van der Waals surface area contributed by atoms with Gasteiger partial charge in [-0.25, -0.2) is 0 Å². The second-order valence-corrected chi connectivity index (χ2v) is 8.09. The van der Waals surface area contributed by atoms with Crippen LogP contribution < -0.4 is 5.73 Å². The molecule has 0 bridgehead atoms. The number of hydrogen-bond acceptors (Lipinski definition) is 3. The molecule has 3 aromatic carbocycles. The molecule has 1 unspecified atom stereocenters. The summed E-state index contributed by atoms with van der Waals surface area (Å²) in [5, 5.41) is 0. The molecule has 4 rings (SSSR count). The van der Waals surface area contributed by atoms with Crippen LogP contribution in [0.4, 0.5) is 0 Å². The number of ether oxygens (including phenoxy) is 1. The molecular formula is C25H26BrNO2. The molecule has 0 spiro atoms. The van der Waals surface area contributed by atoms with Gasteiger partial charge in [0.05, 0.1) is 19.1 Å². The maximum atomic E-state index is 11.4. The third-order valence-electron chi connectivity index (χ3n) is 5.25. The van der Waals surface area contributed by atoms with Crippen LogP contribution in [-0.2, 0) is 22.4 Å². The molecule has 3 nitrogen and oxygen atoms in total. The highest BCUT2D eigenvalue weighted by Crippen LogP contribution is 2.28. The summed E-state index contributed by atoms with van der Waals surface area (Å²) in [5.41, 5.74) is 11.0. The van der Waals surface area contributed by atoms with Crippen LogP contribution in [0.1, 0.15) is 34.7 Å². The first kappa shape index (κ1) is 21.3. The predicted molar refractivity (Wildman–Crippen MR) is 121 cm³/mol. The Bertz CT molecular complexity index is 889. The van der Waals surface area contributed by atoms with Gasteiger partial charge in [0, 0.05) is 4.47 Å². The van der Waals surface area contributed by atoms with Gasteiger partial charge in [-0.15, -0.1) is 0 Å². The minimum absolute atomic E-state index is 0.0163. The van der Waals surface area contributed by atoms with E-state index in [2.05, 4.69) is 58.4 Å². The van der Waals surface area contributed by atoms with Gasteiger partial charge in [-0.05, 0) is 53.6 Å². The van der Waals surface area contributed by atoms with E-state index < -0.39 is 0 Å². The summed E-state index contributed by atoms with van der Waals surface area (Å²) in [5.74, 6) is -0.0441. The summed E-state index contributed by atoms with van der Waals surface area (Å²) in [6, 6.07) is 26.5.